The van der Waals surface area contributed by atoms with Gasteiger partial charge < -0.3 is 5.32 Å². The fourth-order valence-electron chi connectivity index (χ4n) is 3.13. The van der Waals surface area contributed by atoms with E-state index in [4.69, 9.17) is 11.6 Å². The lowest BCUT2D eigenvalue weighted by Crippen LogP contribution is -2.28. The summed E-state index contributed by atoms with van der Waals surface area (Å²) in [5.41, 5.74) is 2.43. The lowest BCUT2D eigenvalue weighted by Gasteiger charge is -2.17. The van der Waals surface area contributed by atoms with Crippen LogP contribution in [0.2, 0.25) is 5.02 Å². The largest absolute Gasteiger partial charge is 0.344 e. The summed E-state index contributed by atoms with van der Waals surface area (Å²) in [5.74, 6) is -0.162. The van der Waals surface area contributed by atoms with Crippen molar-refractivity contribution in [3.05, 3.63) is 83.1 Å². The van der Waals surface area contributed by atoms with Crippen LogP contribution in [0.3, 0.4) is 0 Å². The van der Waals surface area contributed by atoms with Crippen molar-refractivity contribution in [2.24, 2.45) is 0 Å². The monoisotopic (exact) mass is 349 g/mol. The van der Waals surface area contributed by atoms with Gasteiger partial charge in [0.05, 0.1) is 11.6 Å². The minimum Gasteiger partial charge on any atom is -0.344 e. The van der Waals surface area contributed by atoms with Crippen molar-refractivity contribution in [2.75, 3.05) is 0 Å². The number of nitrogens with one attached hydrogen (secondary N) is 1. The Balaban J connectivity index is 1.67. The first-order chi connectivity index (χ1) is 12.1. The Morgan fingerprint density at radius 1 is 1.04 bits per heavy atom. The van der Waals surface area contributed by atoms with E-state index in [9.17, 15) is 4.79 Å². The van der Waals surface area contributed by atoms with Gasteiger partial charge in [0.1, 0.15) is 5.69 Å². The summed E-state index contributed by atoms with van der Waals surface area (Å²) in [5, 5.41) is 10.0. The highest BCUT2D eigenvalue weighted by atomic mass is 35.5. The van der Waals surface area contributed by atoms with Crippen molar-refractivity contribution < 1.29 is 4.79 Å². The van der Waals surface area contributed by atoms with Crippen LogP contribution in [0.5, 0.6) is 0 Å². The summed E-state index contributed by atoms with van der Waals surface area (Å²) in [4.78, 5) is 12.7. The first-order valence-corrected chi connectivity index (χ1v) is 8.44. The maximum absolute atomic E-state index is 12.7. The molecule has 0 spiro atoms. The number of halogens is 1. The molecule has 2 aromatic heterocycles. The average Bonchev–Trinajstić information content (AvgIpc) is 3.06. The highest BCUT2D eigenvalue weighted by Crippen LogP contribution is 2.30. The van der Waals surface area contributed by atoms with Crippen LogP contribution in [-0.4, -0.2) is 15.5 Å². The lowest BCUT2D eigenvalue weighted by molar-refractivity contribution is 0.0933. The fourth-order valence-corrected chi connectivity index (χ4v) is 3.36. The van der Waals surface area contributed by atoms with Crippen LogP contribution in [0.25, 0.3) is 16.3 Å². The predicted octanol–water partition coefficient (Wildman–Crippen LogP) is 4.63. The van der Waals surface area contributed by atoms with Gasteiger partial charge in [0.25, 0.3) is 5.91 Å². The quantitative estimate of drug-likeness (QED) is 0.586. The van der Waals surface area contributed by atoms with Crippen molar-refractivity contribution in [1.82, 2.24) is 14.9 Å². The second-order valence-corrected chi connectivity index (χ2v) is 6.36. The normalized spacial score (nSPS) is 12.4. The third-order valence-corrected chi connectivity index (χ3v) is 4.70. The van der Waals surface area contributed by atoms with Crippen LogP contribution in [0.4, 0.5) is 0 Å². The number of carbonyl (C=O) groups is 1. The summed E-state index contributed by atoms with van der Waals surface area (Å²) < 4.78 is 1.64. The number of benzene rings is 2. The van der Waals surface area contributed by atoms with E-state index in [1.165, 1.54) is 0 Å². The minimum absolute atomic E-state index is 0.162. The number of hydrogen-bond donors (Lipinski definition) is 1. The second kappa shape index (κ2) is 6.22. The molecule has 1 atom stereocenters. The zero-order valence-electron chi connectivity index (χ0n) is 13.6. The number of fused-ring (bicyclic) bond motifs is 2. The Morgan fingerprint density at radius 3 is 2.68 bits per heavy atom. The fraction of sp³-hybridized carbons (Fsp3) is 0.100. The van der Waals surface area contributed by atoms with Crippen molar-refractivity contribution in [3.8, 4) is 0 Å². The van der Waals surface area contributed by atoms with Crippen molar-refractivity contribution >= 4 is 33.8 Å². The van der Waals surface area contributed by atoms with Gasteiger partial charge in [-0.15, -0.1) is 0 Å². The molecule has 0 radical (unpaired) electrons. The summed E-state index contributed by atoms with van der Waals surface area (Å²) in [6.07, 6.45) is 1.67. The number of aromatic nitrogens is 2. The zero-order valence-corrected chi connectivity index (χ0v) is 14.4. The van der Waals surface area contributed by atoms with E-state index in [1.54, 1.807) is 16.8 Å². The van der Waals surface area contributed by atoms with Gasteiger partial charge in [-0.25, -0.2) is 4.52 Å². The molecule has 4 rings (SSSR count). The van der Waals surface area contributed by atoms with Crippen LogP contribution in [0.1, 0.15) is 29.0 Å². The summed E-state index contributed by atoms with van der Waals surface area (Å²) in [6, 6.07) is 19.0. The lowest BCUT2D eigenvalue weighted by atomic mass is 9.99. The van der Waals surface area contributed by atoms with Crippen LogP contribution >= 0.6 is 11.6 Å². The van der Waals surface area contributed by atoms with E-state index in [1.807, 2.05) is 61.5 Å². The van der Waals surface area contributed by atoms with Gasteiger partial charge in [0.15, 0.2) is 0 Å². The molecule has 4 aromatic rings. The van der Waals surface area contributed by atoms with Crippen LogP contribution in [0.15, 0.2) is 66.9 Å². The zero-order chi connectivity index (χ0) is 17.4. The number of carbonyl (C=O) groups excluding carboxylic acids is 1. The molecular weight excluding hydrogens is 334 g/mol. The van der Waals surface area contributed by atoms with Crippen LogP contribution in [-0.2, 0) is 0 Å². The van der Waals surface area contributed by atoms with Crippen molar-refractivity contribution in [3.63, 3.8) is 0 Å². The van der Waals surface area contributed by atoms with Gasteiger partial charge in [-0.3, -0.25) is 4.79 Å². The highest BCUT2D eigenvalue weighted by molar-refractivity contribution is 6.35. The smallest absolute Gasteiger partial charge is 0.270 e. The number of nitrogens with zero attached hydrogens (tertiary/aromatic N) is 2. The van der Waals surface area contributed by atoms with Gasteiger partial charge in [-0.2, -0.15) is 5.10 Å². The maximum atomic E-state index is 12.7. The number of hydrogen-bond acceptors (Lipinski definition) is 2. The standard InChI is InChI=1S/C20H16ClN3O/c1-13(15-9-10-18(21)17-7-3-2-6-16(15)17)23-20(25)19-11-8-14-5-4-12-22-24(14)19/h2-13H,1H3,(H,23,25). The molecule has 25 heavy (non-hydrogen) atoms. The molecule has 0 aliphatic rings. The van der Waals surface area contributed by atoms with Crippen LogP contribution in [0, 0.1) is 0 Å². The molecule has 4 nitrogen and oxygen atoms in total. The minimum atomic E-state index is -0.163. The van der Waals surface area contributed by atoms with E-state index in [0.29, 0.717) is 10.7 Å². The molecule has 2 aromatic carbocycles. The third-order valence-electron chi connectivity index (χ3n) is 4.37. The molecule has 1 N–H and O–H groups in total. The van der Waals surface area contributed by atoms with Crippen molar-refractivity contribution in [1.29, 1.82) is 0 Å². The Morgan fingerprint density at radius 2 is 1.84 bits per heavy atom. The average molecular weight is 350 g/mol. The van der Waals surface area contributed by atoms with E-state index in [0.717, 1.165) is 21.9 Å². The van der Waals surface area contributed by atoms with Crippen LogP contribution < -0.4 is 5.32 Å². The summed E-state index contributed by atoms with van der Waals surface area (Å²) in [6.45, 7) is 1.97. The molecule has 124 valence electrons. The summed E-state index contributed by atoms with van der Waals surface area (Å²) >= 11 is 6.29. The maximum Gasteiger partial charge on any atom is 0.270 e. The molecule has 1 unspecified atom stereocenters. The Bertz CT molecular complexity index is 1090. The molecule has 0 aliphatic heterocycles. The first-order valence-electron chi connectivity index (χ1n) is 8.06. The molecule has 0 bridgehead atoms. The van der Waals surface area contributed by atoms with Gasteiger partial charge in [-0.05, 0) is 48.2 Å². The van der Waals surface area contributed by atoms with Gasteiger partial charge in [-0.1, -0.05) is 41.9 Å². The Kier molecular flexibility index (Phi) is 3.90. The Hall–Kier alpha value is -2.85. The Labute approximate surface area is 150 Å². The molecule has 0 saturated carbocycles. The van der Waals surface area contributed by atoms with E-state index < -0.39 is 0 Å². The topological polar surface area (TPSA) is 46.4 Å². The van der Waals surface area contributed by atoms with Gasteiger partial charge >= 0.3 is 0 Å². The first kappa shape index (κ1) is 15.7. The van der Waals surface area contributed by atoms with Gasteiger partial charge in [0, 0.05) is 16.6 Å². The predicted molar refractivity (Wildman–Crippen MR) is 100 cm³/mol. The highest BCUT2D eigenvalue weighted by Gasteiger charge is 2.17. The molecule has 2 heterocycles. The second-order valence-electron chi connectivity index (χ2n) is 5.96. The number of amides is 1. The molecule has 0 fully saturated rings. The molecule has 0 saturated heterocycles. The molecule has 5 heteroatoms. The van der Waals surface area contributed by atoms with E-state index >= 15 is 0 Å². The SMILES string of the molecule is CC(NC(=O)c1ccc2cccnn12)c1ccc(Cl)c2ccccc12. The summed E-state index contributed by atoms with van der Waals surface area (Å²) in [7, 11) is 0. The number of rotatable bonds is 3. The molecule has 1 amide bonds. The van der Waals surface area contributed by atoms with E-state index in [2.05, 4.69) is 10.4 Å². The molecule has 0 aliphatic carbocycles. The van der Waals surface area contributed by atoms with Gasteiger partial charge in [0.2, 0.25) is 0 Å². The third kappa shape index (κ3) is 2.75. The van der Waals surface area contributed by atoms with Crippen molar-refractivity contribution in [2.45, 2.75) is 13.0 Å². The van der Waals surface area contributed by atoms with E-state index in [-0.39, 0.29) is 11.9 Å². The molecular formula is C20H16ClN3O.